The molecule has 1 heterocycles. The van der Waals surface area contributed by atoms with Gasteiger partial charge in [0.25, 0.3) is 0 Å². The zero-order valence-electron chi connectivity index (χ0n) is 6.21. The molecule has 3 heteroatoms. The first kappa shape index (κ1) is 10.4. The standard InChI is InChI=1S/C5H6S.C3H3ClO/c1-5-2-3-6-4-5;1-2-3(4)5/h2-4H,1H3;2H,1H2. The lowest BCUT2D eigenvalue weighted by molar-refractivity contribution is -0.107. The molecular formula is C8H9ClOS. The summed E-state index contributed by atoms with van der Waals surface area (Å²) < 4.78 is 0. The molecular weight excluding hydrogens is 180 g/mol. The van der Waals surface area contributed by atoms with Gasteiger partial charge in [0.1, 0.15) is 0 Å². The monoisotopic (exact) mass is 188 g/mol. The molecule has 1 aromatic heterocycles. The highest BCUT2D eigenvalue weighted by Gasteiger charge is 1.74. The molecule has 0 aliphatic heterocycles. The Morgan fingerprint density at radius 2 is 2.36 bits per heavy atom. The Bertz CT molecular complexity index is 216. The predicted molar refractivity (Wildman–Crippen MR) is 50.1 cm³/mol. The van der Waals surface area contributed by atoms with Crippen LogP contribution in [0.25, 0.3) is 0 Å². The van der Waals surface area contributed by atoms with E-state index in [1.165, 1.54) is 5.56 Å². The second-order valence-electron chi connectivity index (χ2n) is 1.81. The molecule has 1 aromatic rings. The number of halogens is 1. The minimum atomic E-state index is -0.509. The van der Waals surface area contributed by atoms with Crippen molar-refractivity contribution in [2.45, 2.75) is 6.92 Å². The van der Waals surface area contributed by atoms with E-state index in [0.717, 1.165) is 6.08 Å². The van der Waals surface area contributed by atoms with Gasteiger partial charge < -0.3 is 0 Å². The molecule has 0 aromatic carbocycles. The molecule has 0 spiro atoms. The van der Waals surface area contributed by atoms with E-state index >= 15 is 0 Å². The molecule has 0 saturated carbocycles. The molecule has 1 rings (SSSR count). The summed E-state index contributed by atoms with van der Waals surface area (Å²) in [6.07, 6.45) is 1.04. The molecule has 11 heavy (non-hydrogen) atoms. The third-order valence-electron chi connectivity index (χ3n) is 0.824. The number of aryl methyl sites for hydroxylation is 1. The van der Waals surface area contributed by atoms with Crippen molar-refractivity contribution in [1.29, 1.82) is 0 Å². The lowest BCUT2D eigenvalue weighted by atomic mass is 10.4. The molecule has 0 unspecified atom stereocenters. The third-order valence-corrected chi connectivity index (χ3v) is 1.78. The summed E-state index contributed by atoms with van der Waals surface area (Å²) in [7, 11) is 0. The van der Waals surface area contributed by atoms with Crippen LogP contribution in [0, 0.1) is 6.92 Å². The molecule has 0 atom stereocenters. The first-order valence-corrected chi connectivity index (χ1v) is 4.29. The molecule has 60 valence electrons. The van der Waals surface area contributed by atoms with Gasteiger partial charge in [-0.25, -0.2) is 0 Å². The van der Waals surface area contributed by atoms with Gasteiger partial charge in [0.2, 0.25) is 5.24 Å². The smallest absolute Gasteiger partial charge is 0.244 e. The van der Waals surface area contributed by atoms with Crippen molar-refractivity contribution in [2.75, 3.05) is 0 Å². The Labute approximate surface area is 75.3 Å². The maximum atomic E-state index is 9.46. The van der Waals surface area contributed by atoms with Gasteiger partial charge in [-0.1, -0.05) is 6.58 Å². The number of hydrogen-bond acceptors (Lipinski definition) is 2. The molecule has 0 N–H and O–H groups in total. The molecule has 0 fully saturated rings. The second kappa shape index (κ2) is 6.13. The summed E-state index contributed by atoms with van der Waals surface area (Å²) in [5.74, 6) is 0. The summed E-state index contributed by atoms with van der Waals surface area (Å²) in [6.45, 7) is 5.17. The van der Waals surface area contributed by atoms with Crippen molar-refractivity contribution in [2.24, 2.45) is 0 Å². The van der Waals surface area contributed by atoms with E-state index in [0.29, 0.717) is 0 Å². The van der Waals surface area contributed by atoms with E-state index in [4.69, 9.17) is 11.6 Å². The van der Waals surface area contributed by atoms with Gasteiger partial charge in [0.15, 0.2) is 0 Å². The van der Waals surface area contributed by atoms with Gasteiger partial charge in [-0.15, -0.1) is 0 Å². The van der Waals surface area contributed by atoms with Gasteiger partial charge in [-0.05, 0) is 47.0 Å². The number of allylic oxidation sites excluding steroid dienone is 1. The first-order valence-electron chi connectivity index (χ1n) is 2.97. The van der Waals surface area contributed by atoms with Crippen LogP contribution in [0.15, 0.2) is 29.5 Å². The average Bonchev–Trinajstić information content (AvgIpc) is 2.41. The van der Waals surface area contributed by atoms with Crippen LogP contribution < -0.4 is 0 Å². The lowest BCUT2D eigenvalue weighted by Gasteiger charge is -1.65. The average molecular weight is 189 g/mol. The SMILES string of the molecule is C=CC(=O)Cl.Cc1ccsc1. The van der Waals surface area contributed by atoms with E-state index in [2.05, 4.69) is 30.3 Å². The number of rotatable bonds is 1. The van der Waals surface area contributed by atoms with Crippen molar-refractivity contribution in [3.63, 3.8) is 0 Å². The van der Waals surface area contributed by atoms with Gasteiger partial charge in [0.05, 0.1) is 0 Å². The fourth-order valence-corrected chi connectivity index (χ4v) is 0.998. The van der Waals surface area contributed by atoms with Crippen molar-refractivity contribution >= 4 is 28.2 Å². The molecule has 0 aliphatic carbocycles. The second-order valence-corrected chi connectivity index (χ2v) is 2.96. The zero-order chi connectivity index (χ0) is 8.69. The highest BCUT2D eigenvalue weighted by Crippen LogP contribution is 2.01. The van der Waals surface area contributed by atoms with Crippen molar-refractivity contribution < 1.29 is 4.79 Å². The van der Waals surface area contributed by atoms with Crippen molar-refractivity contribution in [3.8, 4) is 0 Å². The molecule has 0 bridgehead atoms. The topological polar surface area (TPSA) is 17.1 Å². The minimum absolute atomic E-state index is 0.509. The van der Waals surface area contributed by atoms with Crippen molar-refractivity contribution in [1.82, 2.24) is 0 Å². The van der Waals surface area contributed by atoms with Crippen LogP contribution in [0.3, 0.4) is 0 Å². The normalized spacial score (nSPS) is 7.82. The third kappa shape index (κ3) is 7.30. The summed E-state index contributed by atoms with van der Waals surface area (Å²) >= 11 is 6.44. The van der Waals surface area contributed by atoms with Gasteiger partial charge >= 0.3 is 0 Å². The maximum absolute atomic E-state index is 9.46. The van der Waals surface area contributed by atoms with Crippen LogP contribution in [0.2, 0.25) is 0 Å². The minimum Gasteiger partial charge on any atom is -0.276 e. The van der Waals surface area contributed by atoms with E-state index in [-0.39, 0.29) is 0 Å². The number of carbonyl (C=O) groups excluding carboxylic acids is 1. The van der Waals surface area contributed by atoms with E-state index in [9.17, 15) is 4.79 Å². The van der Waals surface area contributed by atoms with E-state index in [1.54, 1.807) is 11.3 Å². The highest BCUT2D eigenvalue weighted by molar-refractivity contribution is 7.07. The van der Waals surface area contributed by atoms with Gasteiger partial charge in [-0.3, -0.25) is 4.79 Å². The van der Waals surface area contributed by atoms with Crippen molar-refractivity contribution in [3.05, 3.63) is 35.0 Å². The molecule has 0 saturated heterocycles. The fraction of sp³-hybridized carbons (Fsp3) is 0.125. The predicted octanol–water partition coefficient (Wildman–Crippen LogP) is 2.99. The molecule has 1 nitrogen and oxygen atoms in total. The molecule has 0 amide bonds. The van der Waals surface area contributed by atoms with Crippen LogP contribution >= 0.6 is 22.9 Å². The summed E-state index contributed by atoms with van der Waals surface area (Å²) in [4.78, 5) is 9.46. The number of thiophene rings is 1. The summed E-state index contributed by atoms with van der Waals surface area (Å²) in [5.41, 5.74) is 1.36. The first-order chi connectivity index (χ1) is 5.16. The largest absolute Gasteiger partial charge is 0.276 e. The quantitative estimate of drug-likeness (QED) is 0.489. The van der Waals surface area contributed by atoms with Gasteiger partial charge in [-0.2, -0.15) is 11.3 Å². The zero-order valence-corrected chi connectivity index (χ0v) is 7.78. The van der Waals surface area contributed by atoms with Gasteiger partial charge in [0, 0.05) is 0 Å². The Balaban J connectivity index is 0.000000187. The van der Waals surface area contributed by atoms with E-state index < -0.39 is 5.24 Å². The Morgan fingerprint density at radius 1 is 1.82 bits per heavy atom. The Morgan fingerprint density at radius 3 is 2.45 bits per heavy atom. The Hall–Kier alpha value is -0.600. The van der Waals surface area contributed by atoms with Crippen LogP contribution in [0.1, 0.15) is 5.56 Å². The fourth-order valence-electron chi connectivity index (χ4n) is 0.333. The molecule has 0 radical (unpaired) electrons. The van der Waals surface area contributed by atoms with Crippen LogP contribution in [-0.4, -0.2) is 5.24 Å². The summed E-state index contributed by atoms with van der Waals surface area (Å²) in [5, 5.41) is 3.69. The highest BCUT2D eigenvalue weighted by atomic mass is 35.5. The summed E-state index contributed by atoms with van der Waals surface area (Å²) in [6, 6.07) is 2.10. The Kier molecular flexibility index (Phi) is 5.80. The van der Waals surface area contributed by atoms with Crippen LogP contribution in [0.4, 0.5) is 0 Å². The number of hydrogen-bond donors (Lipinski definition) is 0. The number of carbonyl (C=O) groups is 1. The molecule has 0 aliphatic rings. The lowest BCUT2D eigenvalue weighted by Crippen LogP contribution is -1.67. The van der Waals surface area contributed by atoms with Crippen LogP contribution in [-0.2, 0) is 4.79 Å². The van der Waals surface area contributed by atoms with E-state index in [1.807, 2.05) is 0 Å². The van der Waals surface area contributed by atoms with Crippen LogP contribution in [0.5, 0.6) is 0 Å². The maximum Gasteiger partial charge on any atom is 0.244 e.